The molecule has 0 aromatic rings. The molecule has 0 spiro atoms. The van der Waals surface area contributed by atoms with Gasteiger partial charge in [-0.3, -0.25) is 4.79 Å². The number of aliphatic carboxylic acids is 1. The molecular formula is C6H11NO6S2. The van der Waals surface area contributed by atoms with Crippen molar-refractivity contribution in [2.24, 2.45) is 0 Å². The normalized spacial score (nSPS) is 19.8. The minimum atomic E-state index is -4.10. The van der Waals surface area contributed by atoms with E-state index in [0.717, 1.165) is 6.26 Å². The van der Waals surface area contributed by atoms with Gasteiger partial charge < -0.3 is 5.11 Å². The van der Waals surface area contributed by atoms with Crippen LogP contribution in [0.1, 0.15) is 12.8 Å². The SMILES string of the molecule is CS(=O)(=O)CS(=O)(=O)NC1(C(=O)O)CC1. The molecule has 9 heteroatoms. The lowest BCUT2D eigenvalue weighted by Crippen LogP contribution is -2.44. The first-order chi connectivity index (χ1) is 6.56. The Balaban J connectivity index is 2.79. The van der Waals surface area contributed by atoms with Crippen LogP contribution in [0.25, 0.3) is 0 Å². The van der Waals surface area contributed by atoms with Crippen LogP contribution in [-0.4, -0.2) is 44.8 Å². The Bertz CT molecular complexity index is 472. The fraction of sp³-hybridized carbons (Fsp3) is 0.833. The molecule has 88 valence electrons. The summed E-state index contributed by atoms with van der Waals surface area (Å²) in [6, 6.07) is 0. The van der Waals surface area contributed by atoms with Crippen molar-refractivity contribution in [3.05, 3.63) is 0 Å². The average Bonchev–Trinajstić information content (AvgIpc) is 2.61. The Morgan fingerprint density at radius 1 is 1.33 bits per heavy atom. The summed E-state index contributed by atoms with van der Waals surface area (Å²) in [6.45, 7) is 0. The Hall–Kier alpha value is -0.670. The van der Waals surface area contributed by atoms with Gasteiger partial charge in [0.2, 0.25) is 10.0 Å². The zero-order valence-corrected chi connectivity index (χ0v) is 9.56. The van der Waals surface area contributed by atoms with Crippen molar-refractivity contribution in [3.8, 4) is 0 Å². The average molecular weight is 257 g/mol. The predicted octanol–water partition coefficient (Wildman–Crippen LogP) is -1.47. The van der Waals surface area contributed by atoms with Gasteiger partial charge in [-0.05, 0) is 12.8 Å². The second kappa shape index (κ2) is 3.42. The van der Waals surface area contributed by atoms with Gasteiger partial charge in [-0.15, -0.1) is 0 Å². The number of hydrogen-bond acceptors (Lipinski definition) is 5. The number of carbonyl (C=O) groups is 1. The van der Waals surface area contributed by atoms with Crippen LogP contribution in [0.5, 0.6) is 0 Å². The van der Waals surface area contributed by atoms with Gasteiger partial charge in [0.25, 0.3) is 0 Å². The van der Waals surface area contributed by atoms with E-state index in [-0.39, 0.29) is 12.8 Å². The highest BCUT2D eigenvalue weighted by Gasteiger charge is 2.53. The smallest absolute Gasteiger partial charge is 0.324 e. The van der Waals surface area contributed by atoms with Gasteiger partial charge in [0.1, 0.15) is 5.54 Å². The molecule has 15 heavy (non-hydrogen) atoms. The highest BCUT2D eigenvalue weighted by molar-refractivity contribution is 8.06. The summed E-state index contributed by atoms with van der Waals surface area (Å²) in [6.07, 6.45) is 1.14. The molecule has 0 bridgehead atoms. The first-order valence-electron chi connectivity index (χ1n) is 3.99. The maximum atomic E-state index is 11.3. The molecule has 1 aliphatic carbocycles. The quantitative estimate of drug-likeness (QED) is 0.620. The largest absolute Gasteiger partial charge is 0.480 e. The minimum Gasteiger partial charge on any atom is -0.480 e. The summed E-state index contributed by atoms with van der Waals surface area (Å²) in [7, 11) is -7.79. The lowest BCUT2D eigenvalue weighted by Gasteiger charge is -2.11. The second-order valence-corrected chi connectivity index (χ2v) is 7.88. The summed E-state index contributed by atoms with van der Waals surface area (Å²) in [4.78, 5) is 10.7. The molecule has 2 N–H and O–H groups in total. The number of carboxylic acids is 1. The summed E-state index contributed by atoms with van der Waals surface area (Å²) in [5, 5.41) is 7.60. The summed E-state index contributed by atoms with van der Waals surface area (Å²) >= 11 is 0. The molecule has 1 aliphatic rings. The topological polar surface area (TPSA) is 118 Å². The van der Waals surface area contributed by atoms with Crippen LogP contribution < -0.4 is 4.72 Å². The standard InChI is InChI=1S/C6H11NO6S2/c1-14(10,11)4-15(12,13)7-6(2-3-6)5(8)9/h7H,2-4H2,1H3,(H,8,9). The Morgan fingerprint density at radius 2 is 1.80 bits per heavy atom. The third-order valence-corrected chi connectivity index (χ3v) is 5.54. The lowest BCUT2D eigenvalue weighted by molar-refractivity contribution is -0.140. The van der Waals surface area contributed by atoms with E-state index in [2.05, 4.69) is 0 Å². The van der Waals surface area contributed by atoms with E-state index in [1.807, 2.05) is 4.72 Å². The molecule has 0 atom stereocenters. The van der Waals surface area contributed by atoms with Gasteiger partial charge in [-0.1, -0.05) is 0 Å². The minimum absolute atomic E-state index is 0.186. The number of rotatable bonds is 5. The lowest BCUT2D eigenvalue weighted by atomic mass is 10.3. The molecule has 1 saturated carbocycles. The molecule has 1 fully saturated rings. The fourth-order valence-corrected chi connectivity index (χ4v) is 4.47. The van der Waals surface area contributed by atoms with Crippen LogP contribution >= 0.6 is 0 Å². The number of sulfone groups is 1. The van der Waals surface area contributed by atoms with Crippen LogP contribution in [0.15, 0.2) is 0 Å². The van der Waals surface area contributed by atoms with Crippen molar-refractivity contribution in [2.45, 2.75) is 18.4 Å². The summed E-state index contributed by atoms with van der Waals surface area (Å²) < 4.78 is 45.9. The molecule has 0 saturated heterocycles. The zero-order chi connectivity index (χ0) is 11.9. The maximum absolute atomic E-state index is 11.3. The van der Waals surface area contributed by atoms with E-state index >= 15 is 0 Å². The molecule has 0 aliphatic heterocycles. The van der Waals surface area contributed by atoms with Gasteiger partial charge >= 0.3 is 5.97 Å². The maximum Gasteiger partial charge on any atom is 0.324 e. The van der Waals surface area contributed by atoms with E-state index < -0.39 is 36.5 Å². The molecule has 1 rings (SSSR count). The highest BCUT2D eigenvalue weighted by Crippen LogP contribution is 2.36. The van der Waals surface area contributed by atoms with Gasteiger partial charge in [-0.25, -0.2) is 16.8 Å². The van der Waals surface area contributed by atoms with Crippen molar-refractivity contribution in [3.63, 3.8) is 0 Å². The first kappa shape index (κ1) is 12.4. The van der Waals surface area contributed by atoms with Crippen molar-refractivity contribution in [1.29, 1.82) is 0 Å². The third kappa shape index (κ3) is 3.43. The van der Waals surface area contributed by atoms with E-state index in [1.165, 1.54) is 0 Å². The van der Waals surface area contributed by atoms with Crippen molar-refractivity contribution >= 4 is 25.8 Å². The Kier molecular flexibility index (Phi) is 2.83. The van der Waals surface area contributed by atoms with Gasteiger partial charge in [0.15, 0.2) is 14.9 Å². The van der Waals surface area contributed by atoms with Crippen LogP contribution in [0.4, 0.5) is 0 Å². The monoisotopic (exact) mass is 257 g/mol. The fourth-order valence-electron chi connectivity index (χ4n) is 1.09. The Morgan fingerprint density at radius 3 is 2.07 bits per heavy atom. The second-order valence-electron chi connectivity index (χ2n) is 3.65. The number of sulfonamides is 1. The number of nitrogens with one attached hydrogen (secondary N) is 1. The molecule has 0 amide bonds. The summed E-state index contributed by atoms with van der Waals surface area (Å²) in [5.41, 5.74) is -1.48. The van der Waals surface area contributed by atoms with E-state index in [4.69, 9.17) is 5.11 Å². The van der Waals surface area contributed by atoms with E-state index in [0.29, 0.717) is 0 Å². The molecule has 0 aromatic heterocycles. The van der Waals surface area contributed by atoms with E-state index in [9.17, 15) is 21.6 Å². The van der Waals surface area contributed by atoms with Gasteiger partial charge in [0, 0.05) is 6.26 Å². The molecule has 7 nitrogen and oxygen atoms in total. The van der Waals surface area contributed by atoms with Crippen LogP contribution in [0.2, 0.25) is 0 Å². The Labute approximate surface area is 87.4 Å². The third-order valence-electron chi connectivity index (χ3n) is 1.88. The molecular weight excluding hydrogens is 246 g/mol. The van der Waals surface area contributed by atoms with Crippen molar-refractivity contribution in [1.82, 2.24) is 4.72 Å². The molecule has 0 aromatic carbocycles. The summed E-state index contributed by atoms with van der Waals surface area (Å²) in [5.74, 6) is -1.28. The van der Waals surface area contributed by atoms with Crippen molar-refractivity contribution < 1.29 is 26.7 Å². The molecule has 0 heterocycles. The van der Waals surface area contributed by atoms with Crippen LogP contribution in [0, 0.1) is 0 Å². The predicted molar refractivity (Wildman–Crippen MR) is 51.4 cm³/mol. The van der Waals surface area contributed by atoms with Crippen molar-refractivity contribution in [2.75, 3.05) is 11.3 Å². The number of carboxylic acid groups (broad SMARTS) is 1. The van der Waals surface area contributed by atoms with Crippen LogP contribution in [-0.2, 0) is 24.7 Å². The highest BCUT2D eigenvalue weighted by atomic mass is 32.3. The first-order valence-corrected chi connectivity index (χ1v) is 7.70. The zero-order valence-electron chi connectivity index (χ0n) is 7.93. The molecule has 0 radical (unpaired) electrons. The number of hydrogen-bond donors (Lipinski definition) is 2. The van der Waals surface area contributed by atoms with Gasteiger partial charge in [0.05, 0.1) is 0 Å². The van der Waals surface area contributed by atoms with Crippen LogP contribution in [0.3, 0.4) is 0 Å². The molecule has 0 unspecified atom stereocenters. The van der Waals surface area contributed by atoms with Gasteiger partial charge in [-0.2, -0.15) is 4.72 Å². The van der Waals surface area contributed by atoms with E-state index in [1.54, 1.807) is 0 Å².